The molecule has 0 aliphatic rings. The van der Waals surface area contributed by atoms with Gasteiger partial charge in [0.2, 0.25) is 0 Å². The van der Waals surface area contributed by atoms with E-state index in [0.717, 1.165) is 24.9 Å². The van der Waals surface area contributed by atoms with Crippen molar-refractivity contribution in [2.45, 2.75) is 65.3 Å². The lowest BCUT2D eigenvalue weighted by Crippen LogP contribution is -2.01. The van der Waals surface area contributed by atoms with Gasteiger partial charge in [-0.1, -0.05) is 32.6 Å². The smallest absolute Gasteiger partial charge is 0.137 e. The van der Waals surface area contributed by atoms with Crippen molar-refractivity contribution in [3.8, 4) is 0 Å². The van der Waals surface area contributed by atoms with Crippen molar-refractivity contribution in [3.05, 3.63) is 18.0 Å². The van der Waals surface area contributed by atoms with E-state index < -0.39 is 0 Å². The Morgan fingerprint density at radius 2 is 2.00 bits per heavy atom. The average Bonchev–Trinajstić information content (AvgIpc) is 2.76. The topological polar surface area (TPSA) is 34.9 Å². The second kappa shape index (κ2) is 8.04. The zero-order chi connectivity index (χ0) is 12.5. The lowest BCUT2D eigenvalue weighted by atomic mass is 10.1. The Hall–Kier alpha value is -1.12. The van der Waals surface area contributed by atoms with Gasteiger partial charge in [0.25, 0.3) is 0 Å². The van der Waals surface area contributed by atoms with Crippen LogP contribution in [0.3, 0.4) is 0 Å². The molecule has 0 aliphatic heterocycles. The Kier molecular flexibility index (Phi) is 6.60. The van der Waals surface area contributed by atoms with Gasteiger partial charge < -0.3 is 0 Å². The minimum Gasteiger partial charge on any atom is -0.299 e. The number of hydrogen-bond acceptors (Lipinski definition) is 2. The maximum absolute atomic E-state index is 11.7. The molecule has 0 radical (unpaired) electrons. The van der Waals surface area contributed by atoms with Crippen LogP contribution in [0.15, 0.2) is 12.4 Å². The van der Waals surface area contributed by atoms with Crippen LogP contribution in [0.4, 0.5) is 0 Å². The summed E-state index contributed by atoms with van der Waals surface area (Å²) in [5, 5.41) is 4.17. The van der Waals surface area contributed by atoms with Crippen LogP contribution in [0.2, 0.25) is 0 Å². The molecule has 17 heavy (non-hydrogen) atoms. The molecule has 0 spiro atoms. The fourth-order valence-corrected chi connectivity index (χ4v) is 1.91. The zero-order valence-corrected chi connectivity index (χ0v) is 11.1. The fraction of sp³-hybridized carbons (Fsp3) is 0.714. The van der Waals surface area contributed by atoms with Crippen LogP contribution in [0.5, 0.6) is 0 Å². The lowest BCUT2D eigenvalue weighted by Gasteiger charge is -1.99. The van der Waals surface area contributed by atoms with Crippen LogP contribution in [-0.4, -0.2) is 15.6 Å². The van der Waals surface area contributed by atoms with Crippen molar-refractivity contribution in [2.75, 3.05) is 0 Å². The van der Waals surface area contributed by atoms with Crippen LogP contribution < -0.4 is 0 Å². The monoisotopic (exact) mass is 236 g/mol. The second-order valence-electron chi connectivity index (χ2n) is 4.58. The highest BCUT2D eigenvalue weighted by Crippen LogP contribution is 2.08. The van der Waals surface area contributed by atoms with Crippen LogP contribution >= 0.6 is 0 Å². The molecule has 0 N–H and O–H groups in total. The molecule has 0 saturated heterocycles. The number of rotatable bonds is 9. The average molecular weight is 236 g/mol. The molecule has 0 atom stereocenters. The molecule has 1 aromatic heterocycles. The number of carbonyl (C=O) groups excluding carboxylic acids is 1. The Bertz CT molecular complexity index is 331. The maximum Gasteiger partial charge on any atom is 0.137 e. The number of unbranched alkanes of at least 4 members (excludes halogenated alkanes) is 4. The normalized spacial score (nSPS) is 10.7. The van der Waals surface area contributed by atoms with Gasteiger partial charge in [-0.2, -0.15) is 5.10 Å². The number of aromatic nitrogens is 2. The molecule has 0 aromatic carbocycles. The Labute approximate surface area is 104 Å². The molecular weight excluding hydrogens is 212 g/mol. The number of carbonyl (C=O) groups is 1. The van der Waals surface area contributed by atoms with Crippen molar-refractivity contribution >= 4 is 5.78 Å². The third-order valence-corrected chi connectivity index (χ3v) is 2.97. The van der Waals surface area contributed by atoms with Crippen molar-refractivity contribution in [1.29, 1.82) is 0 Å². The molecule has 1 rings (SSSR count). The highest BCUT2D eigenvalue weighted by Gasteiger charge is 2.05. The number of aryl methyl sites for hydroxylation is 1. The van der Waals surface area contributed by atoms with Crippen molar-refractivity contribution in [2.24, 2.45) is 0 Å². The van der Waals surface area contributed by atoms with E-state index in [1.54, 1.807) is 6.20 Å². The van der Waals surface area contributed by atoms with Gasteiger partial charge in [0.1, 0.15) is 5.78 Å². The Balaban J connectivity index is 2.16. The summed E-state index contributed by atoms with van der Waals surface area (Å²) in [6.07, 6.45) is 11.1. The van der Waals surface area contributed by atoms with Gasteiger partial charge in [0.05, 0.1) is 6.20 Å². The summed E-state index contributed by atoms with van der Waals surface area (Å²) in [4.78, 5) is 11.7. The Morgan fingerprint density at radius 1 is 1.24 bits per heavy atom. The maximum atomic E-state index is 11.7. The van der Waals surface area contributed by atoms with E-state index in [1.165, 1.54) is 25.7 Å². The van der Waals surface area contributed by atoms with Crippen LogP contribution in [0.1, 0.15) is 57.9 Å². The van der Waals surface area contributed by atoms with E-state index in [2.05, 4.69) is 12.0 Å². The van der Waals surface area contributed by atoms with E-state index in [9.17, 15) is 4.79 Å². The van der Waals surface area contributed by atoms with Gasteiger partial charge in [-0.25, -0.2) is 0 Å². The van der Waals surface area contributed by atoms with E-state index in [-0.39, 0.29) is 0 Å². The summed E-state index contributed by atoms with van der Waals surface area (Å²) >= 11 is 0. The first kappa shape index (κ1) is 13.9. The molecular formula is C14H24N2O. The van der Waals surface area contributed by atoms with Crippen molar-refractivity contribution in [1.82, 2.24) is 9.78 Å². The third kappa shape index (κ3) is 5.66. The van der Waals surface area contributed by atoms with Gasteiger partial charge in [-0.3, -0.25) is 9.48 Å². The number of Topliss-reactive ketones (excluding diaryl/α,β-unsaturated/α-hetero) is 1. The first-order chi connectivity index (χ1) is 8.26. The van der Waals surface area contributed by atoms with Crippen molar-refractivity contribution < 1.29 is 4.79 Å². The number of nitrogens with zero attached hydrogens (tertiary/aromatic N) is 2. The first-order valence-electron chi connectivity index (χ1n) is 6.79. The van der Waals surface area contributed by atoms with E-state index in [1.807, 2.05) is 17.8 Å². The molecule has 1 heterocycles. The van der Waals surface area contributed by atoms with Crippen LogP contribution in [0.25, 0.3) is 0 Å². The zero-order valence-electron chi connectivity index (χ0n) is 11.1. The predicted octanol–water partition coefficient (Wildman–Crippen LogP) is 3.38. The SMILES string of the molecule is CCCCCCCC(=O)Cc1cnn(CC)c1. The Morgan fingerprint density at radius 3 is 2.65 bits per heavy atom. The molecule has 0 fully saturated rings. The second-order valence-corrected chi connectivity index (χ2v) is 4.58. The van der Waals surface area contributed by atoms with Gasteiger partial charge in [-0.15, -0.1) is 0 Å². The number of ketones is 1. The molecule has 3 nitrogen and oxygen atoms in total. The van der Waals surface area contributed by atoms with Gasteiger partial charge >= 0.3 is 0 Å². The quantitative estimate of drug-likeness (QED) is 0.616. The molecule has 0 bridgehead atoms. The summed E-state index contributed by atoms with van der Waals surface area (Å²) in [6.45, 7) is 5.12. The molecule has 96 valence electrons. The molecule has 0 saturated carbocycles. The summed E-state index contributed by atoms with van der Waals surface area (Å²) in [5.74, 6) is 0.345. The summed E-state index contributed by atoms with van der Waals surface area (Å²) in [6, 6.07) is 0. The van der Waals surface area contributed by atoms with Gasteiger partial charge in [0, 0.05) is 25.6 Å². The van der Waals surface area contributed by atoms with E-state index in [0.29, 0.717) is 12.2 Å². The highest BCUT2D eigenvalue weighted by atomic mass is 16.1. The van der Waals surface area contributed by atoms with E-state index in [4.69, 9.17) is 0 Å². The molecule has 0 amide bonds. The minimum absolute atomic E-state index is 0.345. The van der Waals surface area contributed by atoms with Gasteiger partial charge in [-0.05, 0) is 18.9 Å². The minimum atomic E-state index is 0.345. The molecule has 0 aliphatic carbocycles. The molecule has 0 unspecified atom stereocenters. The first-order valence-corrected chi connectivity index (χ1v) is 6.79. The molecule has 1 aromatic rings. The predicted molar refractivity (Wildman–Crippen MR) is 70.0 cm³/mol. The van der Waals surface area contributed by atoms with Crippen molar-refractivity contribution in [3.63, 3.8) is 0 Å². The summed E-state index contributed by atoms with van der Waals surface area (Å²) in [7, 11) is 0. The lowest BCUT2D eigenvalue weighted by molar-refractivity contribution is -0.118. The highest BCUT2D eigenvalue weighted by molar-refractivity contribution is 5.80. The van der Waals surface area contributed by atoms with E-state index >= 15 is 0 Å². The van der Waals surface area contributed by atoms with Crippen LogP contribution in [0, 0.1) is 0 Å². The standard InChI is InChI=1S/C14H24N2O/c1-3-5-6-7-8-9-14(17)10-13-11-15-16(4-2)12-13/h11-12H,3-10H2,1-2H3. The third-order valence-electron chi connectivity index (χ3n) is 2.97. The fourth-order valence-electron chi connectivity index (χ4n) is 1.91. The number of hydrogen-bond donors (Lipinski definition) is 0. The van der Waals surface area contributed by atoms with Gasteiger partial charge in [0.15, 0.2) is 0 Å². The summed E-state index contributed by atoms with van der Waals surface area (Å²) < 4.78 is 1.86. The largest absolute Gasteiger partial charge is 0.299 e. The van der Waals surface area contributed by atoms with Crippen LogP contribution in [-0.2, 0) is 17.8 Å². The molecule has 3 heteroatoms. The summed E-state index contributed by atoms with van der Waals surface area (Å²) in [5.41, 5.74) is 1.05.